The Balaban J connectivity index is 1.35. The van der Waals surface area contributed by atoms with Crippen molar-refractivity contribution in [2.75, 3.05) is 5.32 Å². The standard InChI is InChI=1S/C25H19FN6/c1-16-10-20(7-8-27-16)22-5-2-17(13-29-22)14-30-25-21-4-3-18(11-23(21)31-15-32-25)19-6-9-28-24(26)12-19/h2-13,15H,14H2,1H3,(H,30,31,32). The zero-order chi connectivity index (χ0) is 21.9. The second-order valence-corrected chi connectivity index (χ2v) is 7.41. The number of nitrogens with one attached hydrogen (secondary N) is 1. The number of hydrogen-bond acceptors (Lipinski definition) is 6. The molecule has 0 aliphatic carbocycles. The molecule has 0 unspecified atom stereocenters. The van der Waals surface area contributed by atoms with Crippen molar-refractivity contribution in [1.82, 2.24) is 24.9 Å². The number of halogens is 1. The number of pyridine rings is 3. The van der Waals surface area contributed by atoms with Crippen molar-refractivity contribution in [1.29, 1.82) is 0 Å². The predicted molar refractivity (Wildman–Crippen MR) is 122 cm³/mol. The van der Waals surface area contributed by atoms with Gasteiger partial charge in [0.1, 0.15) is 12.1 Å². The monoisotopic (exact) mass is 422 g/mol. The van der Waals surface area contributed by atoms with Crippen LogP contribution in [-0.2, 0) is 6.54 Å². The highest BCUT2D eigenvalue weighted by molar-refractivity contribution is 5.91. The molecule has 1 aromatic carbocycles. The molecule has 0 aliphatic rings. The van der Waals surface area contributed by atoms with E-state index in [9.17, 15) is 4.39 Å². The van der Waals surface area contributed by atoms with Gasteiger partial charge in [-0.3, -0.25) is 9.97 Å². The van der Waals surface area contributed by atoms with Gasteiger partial charge < -0.3 is 5.32 Å². The van der Waals surface area contributed by atoms with Gasteiger partial charge in [0.2, 0.25) is 5.95 Å². The maximum Gasteiger partial charge on any atom is 0.213 e. The van der Waals surface area contributed by atoms with E-state index < -0.39 is 5.95 Å². The number of rotatable bonds is 5. The second-order valence-electron chi connectivity index (χ2n) is 7.41. The third-order valence-electron chi connectivity index (χ3n) is 5.17. The molecule has 0 fully saturated rings. The fourth-order valence-electron chi connectivity index (χ4n) is 3.55. The molecule has 0 atom stereocenters. The van der Waals surface area contributed by atoms with Crippen molar-refractivity contribution in [3.63, 3.8) is 0 Å². The Labute approximate surface area is 184 Å². The van der Waals surface area contributed by atoms with Crippen molar-refractivity contribution < 1.29 is 4.39 Å². The molecule has 32 heavy (non-hydrogen) atoms. The van der Waals surface area contributed by atoms with Crippen LogP contribution in [0.3, 0.4) is 0 Å². The molecule has 7 heteroatoms. The minimum Gasteiger partial charge on any atom is -0.365 e. The van der Waals surface area contributed by atoms with E-state index in [1.54, 1.807) is 12.3 Å². The summed E-state index contributed by atoms with van der Waals surface area (Å²) < 4.78 is 13.5. The first-order valence-electron chi connectivity index (χ1n) is 10.1. The van der Waals surface area contributed by atoms with Crippen LogP contribution >= 0.6 is 0 Å². The van der Waals surface area contributed by atoms with Gasteiger partial charge in [-0.15, -0.1) is 0 Å². The van der Waals surface area contributed by atoms with Crippen LogP contribution < -0.4 is 5.32 Å². The van der Waals surface area contributed by atoms with Crippen molar-refractivity contribution in [2.24, 2.45) is 0 Å². The van der Waals surface area contributed by atoms with E-state index in [1.165, 1.54) is 18.6 Å². The number of hydrogen-bond donors (Lipinski definition) is 1. The Bertz CT molecular complexity index is 1400. The first kappa shape index (κ1) is 19.7. The topological polar surface area (TPSA) is 76.5 Å². The van der Waals surface area contributed by atoms with Crippen LogP contribution in [0.1, 0.15) is 11.3 Å². The smallest absolute Gasteiger partial charge is 0.213 e. The lowest BCUT2D eigenvalue weighted by atomic mass is 10.0. The molecule has 5 aromatic rings. The van der Waals surface area contributed by atoms with Crippen LogP contribution in [0.15, 0.2) is 79.5 Å². The Morgan fingerprint density at radius 2 is 1.62 bits per heavy atom. The lowest BCUT2D eigenvalue weighted by molar-refractivity contribution is 0.584. The van der Waals surface area contributed by atoms with Crippen LogP contribution in [0.2, 0.25) is 0 Å². The molecule has 1 N–H and O–H groups in total. The number of aromatic nitrogens is 5. The minimum absolute atomic E-state index is 0.508. The Morgan fingerprint density at radius 3 is 2.44 bits per heavy atom. The number of aryl methyl sites for hydroxylation is 1. The summed E-state index contributed by atoms with van der Waals surface area (Å²) in [5.41, 5.74) is 6.35. The normalized spacial score (nSPS) is 10.9. The molecule has 0 radical (unpaired) electrons. The molecule has 4 heterocycles. The highest BCUT2D eigenvalue weighted by Crippen LogP contribution is 2.27. The average molecular weight is 422 g/mol. The maximum atomic E-state index is 13.5. The Morgan fingerprint density at radius 1 is 0.781 bits per heavy atom. The number of anilines is 1. The van der Waals surface area contributed by atoms with Crippen LogP contribution in [0.4, 0.5) is 10.2 Å². The van der Waals surface area contributed by atoms with Gasteiger partial charge in [-0.1, -0.05) is 12.1 Å². The van der Waals surface area contributed by atoms with Gasteiger partial charge >= 0.3 is 0 Å². The van der Waals surface area contributed by atoms with E-state index in [2.05, 4.69) is 30.2 Å². The molecule has 4 aromatic heterocycles. The van der Waals surface area contributed by atoms with Crippen molar-refractivity contribution in [2.45, 2.75) is 13.5 Å². The molecule has 156 valence electrons. The average Bonchev–Trinajstić information content (AvgIpc) is 2.82. The van der Waals surface area contributed by atoms with E-state index in [4.69, 9.17) is 0 Å². The summed E-state index contributed by atoms with van der Waals surface area (Å²) in [5.74, 6) is 0.225. The fourth-order valence-corrected chi connectivity index (χ4v) is 3.55. The van der Waals surface area contributed by atoms with Crippen LogP contribution in [0.25, 0.3) is 33.3 Å². The molecule has 0 spiro atoms. The lowest BCUT2D eigenvalue weighted by Crippen LogP contribution is -2.03. The summed E-state index contributed by atoms with van der Waals surface area (Å²) in [7, 11) is 0. The van der Waals surface area contributed by atoms with Gasteiger partial charge in [-0.2, -0.15) is 4.39 Å². The largest absolute Gasteiger partial charge is 0.365 e. The van der Waals surface area contributed by atoms with Crippen LogP contribution in [0.5, 0.6) is 0 Å². The first-order chi connectivity index (χ1) is 15.7. The molecule has 6 nitrogen and oxygen atoms in total. The molecule has 0 bridgehead atoms. The number of nitrogens with zero attached hydrogens (tertiary/aromatic N) is 5. The van der Waals surface area contributed by atoms with Gasteiger partial charge in [-0.05, 0) is 60.0 Å². The van der Waals surface area contributed by atoms with E-state index in [0.717, 1.165) is 50.4 Å². The maximum absolute atomic E-state index is 13.5. The third-order valence-corrected chi connectivity index (χ3v) is 5.17. The summed E-state index contributed by atoms with van der Waals surface area (Å²) in [6.45, 7) is 2.54. The van der Waals surface area contributed by atoms with E-state index in [-0.39, 0.29) is 0 Å². The quantitative estimate of drug-likeness (QED) is 0.392. The molecular weight excluding hydrogens is 403 g/mol. The van der Waals surface area contributed by atoms with Gasteiger partial charge in [0.15, 0.2) is 0 Å². The summed E-state index contributed by atoms with van der Waals surface area (Å²) in [4.78, 5) is 21.2. The van der Waals surface area contributed by atoms with Crippen LogP contribution in [-0.4, -0.2) is 24.9 Å². The zero-order valence-corrected chi connectivity index (χ0v) is 17.3. The Kier molecular flexibility index (Phi) is 5.21. The third kappa shape index (κ3) is 4.13. The highest BCUT2D eigenvalue weighted by atomic mass is 19.1. The van der Waals surface area contributed by atoms with E-state index >= 15 is 0 Å². The van der Waals surface area contributed by atoms with Gasteiger partial charge in [0, 0.05) is 47.8 Å². The molecule has 0 saturated heterocycles. The summed E-state index contributed by atoms with van der Waals surface area (Å²) in [6.07, 6.45) is 6.63. The van der Waals surface area contributed by atoms with Crippen molar-refractivity contribution in [3.05, 3.63) is 96.7 Å². The van der Waals surface area contributed by atoms with Gasteiger partial charge in [0.05, 0.1) is 11.2 Å². The minimum atomic E-state index is -0.508. The van der Waals surface area contributed by atoms with Crippen LogP contribution in [0, 0.1) is 12.9 Å². The summed E-state index contributed by atoms with van der Waals surface area (Å²) in [6, 6.07) is 17.0. The summed E-state index contributed by atoms with van der Waals surface area (Å²) in [5, 5.41) is 4.26. The fraction of sp³-hybridized carbons (Fsp3) is 0.0800. The molecular formula is C25H19FN6. The SMILES string of the molecule is Cc1cc(-c2ccc(CNc3ncnc4cc(-c5ccnc(F)c5)ccc34)cn2)ccn1. The summed E-state index contributed by atoms with van der Waals surface area (Å²) >= 11 is 0. The van der Waals surface area contributed by atoms with E-state index in [0.29, 0.717) is 6.54 Å². The molecule has 0 saturated carbocycles. The first-order valence-corrected chi connectivity index (χ1v) is 10.1. The molecule has 0 amide bonds. The zero-order valence-electron chi connectivity index (χ0n) is 17.3. The van der Waals surface area contributed by atoms with Gasteiger partial charge in [0.25, 0.3) is 0 Å². The predicted octanol–water partition coefficient (Wildman–Crippen LogP) is 5.21. The second kappa shape index (κ2) is 8.47. The number of benzene rings is 1. The van der Waals surface area contributed by atoms with Gasteiger partial charge in [-0.25, -0.2) is 15.0 Å². The van der Waals surface area contributed by atoms with Crippen molar-refractivity contribution in [3.8, 4) is 22.4 Å². The molecule has 5 rings (SSSR count). The highest BCUT2D eigenvalue weighted by Gasteiger charge is 2.07. The van der Waals surface area contributed by atoms with Crippen molar-refractivity contribution >= 4 is 16.7 Å². The molecule has 0 aliphatic heterocycles. The Hall–Kier alpha value is -4.26. The number of fused-ring (bicyclic) bond motifs is 1. The van der Waals surface area contributed by atoms with E-state index in [1.807, 2.05) is 55.6 Å². The lowest BCUT2D eigenvalue weighted by Gasteiger charge is -2.10.